The van der Waals surface area contributed by atoms with E-state index in [0.29, 0.717) is 6.04 Å². The Balaban J connectivity index is 1.78. The minimum Gasteiger partial charge on any atom is -0.327 e. The maximum Gasteiger partial charge on any atom is 0.00952 e. The molecule has 0 radical (unpaired) electrons. The highest BCUT2D eigenvalue weighted by Crippen LogP contribution is 2.29. The van der Waals surface area contributed by atoms with Gasteiger partial charge in [0.15, 0.2) is 0 Å². The summed E-state index contributed by atoms with van der Waals surface area (Å²) in [4.78, 5) is 2.80. The smallest absolute Gasteiger partial charge is 0.00952 e. The van der Waals surface area contributed by atoms with Crippen LogP contribution >= 0.6 is 0 Å². The molecule has 19 heavy (non-hydrogen) atoms. The van der Waals surface area contributed by atoms with Crippen LogP contribution in [-0.2, 0) is 0 Å². The van der Waals surface area contributed by atoms with Gasteiger partial charge in [0.1, 0.15) is 0 Å². The highest BCUT2D eigenvalue weighted by Gasteiger charge is 2.27. The van der Waals surface area contributed by atoms with E-state index < -0.39 is 0 Å². The third-order valence-electron chi connectivity index (χ3n) is 5.34. The van der Waals surface area contributed by atoms with Crippen LogP contribution in [0.5, 0.6) is 0 Å². The van der Waals surface area contributed by atoms with Gasteiger partial charge in [-0.3, -0.25) is 0 Å². The lowest BCUT2D eigenvalue weighted by atomic mass is 9.99. The SMILES string of the molecule is CC(C)CCN(CCC1CCCC1N)C1CCCC1. The van der Waals surface area contributed by atoms with Crippen LogP contribution in [0.15, 0.2) is 0 Å². The van der Waals surface area contributed by atoms with E-state index >= 15 is 0 Å². The minimum absolute atomic E-state index is 0.496. The van der Waals surface area contributed by atoms with Crippen molar-refractivity contribution in [2.75, 3.05) is 13.1 Å². The Morgan fingerprint density at radius 3 is 2.32 bits per heavy atom. The summed E-state index contributed by atoms with van der Waals surface area (Å²) >= 11 is 0. The van der Waals surface area contributed by atoms with Crippen molar-refractivity contribution < 1.29 is 0 Å². The summed E-state index contributed by atoms with van der Waals surface area (Å²) in [6, 6.07) is 1.38. The Morgan fingerprint density at radius 1 is 1.00 bits per heavy atom. The average molecular weight is 266 g/mol. The van der Waals surface area contributed by atoms with Crippen molar-refractivity contribution in [3.63, 3.8) is 0 Å². The predicted octanol–water partition coefficient (Wildman–Crippen LogP) is 3.79. The first kappa shape index (κ1) is 15.3. The lowest BCUT2D eigenvalue weighted by molar-refractivity contribution is 0.173. The summed E-state index contributed by atoms with van der Waals surface area (Å²) in [5, 5.41) is 0. The molecule has 2 unspecified atom stereocenters. The second-order valence-electron chi connectivity index (χ2n) is 7.30. The molecule has 0 heterocycles. The lowest BCUT2D eigenvalue weighted by Gasteiger charge is -2.31. The molecule has 0 aromatic carbocycles. The van der Waals surface area contributed by atoms with Gasteiger partial charge in [-0.25, -0.2) is 0 Å². The van der Waals surface area contributed by atoms with Crippen molar-refractivity contribution in [2.45, 2.75) is 83.7 Å². The second-order valence-corrected chi connectivity index (χ2v) is 7.30. The topological polar surface area (TPSA) is 29.3 Å². The summed E-state index contributed by atoms with van der Waals surface area (Å²) in [6.07, 6.45) is 12.5. The normalized spacial score (nSPS) is 28.9. The van der Waals surface area contributed by atoms with Gasteiger partial charge in [0.25, 0.3) is 0 Å². The van der Waals surface area contributed by atoms with Crippen LogP contribution in [0.1, 0.15) is 71.6 Å². The summed E-state index contributed by atoms with van der Waals surface area (Å²) < 4.78 is 0. The van der Waals surface area contributed by atoms with Crippen LogP contribution in [0.2, 0.25) is 0 Å². The maximum absolute atomic E-state index is 6.22. The molecule has 0 bridgehead atoms. The van der Waals surface area contributed by atoms with Gasteiger partial charge in [0.2, 0.25) is 0 Å². The average Bonchev–Trinajstić information content (AvgIpc) is 3.01. The standard InChI is InChI=1S/C17H34N2/c1-14(2)10-12-19(16-7-3-4-8-16)13-11-15-6-5-9-17(15)18/h14-17H,3-13,18H2,1-2H3. The Bertz CT molecular complexity index is 246. The van der Waals surface area contributed by atoms with Crippen LogP contribution in [-0.4, -0.2) is 30.1 Å². The first-order valence-corrected chi connectivity index (χ1v) is 8.66. The molecule has 0 aromatic heterocycles. The summed E-state index contributed by atoms with van der Waals surface area (Å²) in [7, 11) is 0. The lowest BCUT2D eigenvalue weighted by Crippen LogP contribution is -2.37. The molecule has 2 nitrogen and oxygen atoms in total. The zero-order valence-corrected chi connectivity index (χ0v) is 13.1. The molecule has 2 N–H and O–H groups in total. The molecule has 2 saturated carbocycles. The largest absolute Gasteiger partial charge is 0.327 e. The first-order chi connectivity index (χ1) is 9.16. The molecule has 0 saturated heterocycles. The third kappa shape index (κ3) is 4.75. The van der Waals surface area contributed by atoms with Crippen molar-refractivity contribution in [1.29, 1.82) is 0 Å². The Labute approximate surface area is 120 Å². The van der Waals surface area contributed by atoms with Crippen LogP contribution < -0.4 is 5.73 Å². The molecule has 2 atom stereocenters. The Kier molecular flexibility index (Phi) is 6.15. The zero-order chi connectivity index (χ0) is 13.7. The van der Waals surface area contributed by atoms with Crippen LogP contribution in [0.4, 0.5) is 0 Å². The Morgan fingerprint density at radius 2 is 1.74 bits per heavy atom. The molecule has 2 aliphatic rings. The van der Waals surface area contributed by atoms with E-state index in [1.54, 1.807) is 0 Å². The highest BCUT2D eigenvalue weighted by atomic mass is 15.2. The predicted molar refractivity (Wildman–Crippen MR) is 83.2 cm³/mol. The maximum atomic E-state index is 6.22. The number of nitrogens with zero attached hydrogens (tertiary/aromatic N) is 1. The van der Waals surface area contributed by atoms with Crippen molar-refractivity contribution in [3.8, 4) is 0 Å². The van der Waals surface area contributed by atoms with Gasteiger partial charge in [-0.1, -0.05) is 33.1 Å². The van der Waals surface area contributed by atoms with Crippen LogP contribution in [0, 0.1) is 11.8 Å². The van der Waals surface area contributed by atoms with Gasteiger partial charge in [-0.05, 0) is 63.5 Å². The van der Waals surface area contributed by atoms with E-state index in [9.17, 15) is 0 Å². The molecular weight excluding hydrogens is 232 g/mol. The monoisotopic (exact) mass is 266 g/mol. The highest BCUT2D eigenvalue weighted by molar-refractivity contribution is 4.83. The quantitative estimate of drug-likeness (QED) is 0.759. The molecule has 0 spiro atoms. The summed E-state index contributed by atoms with van der Waals surface area (Å²) in [5.41, 5.74) is 6.22. The van der Waals surface area contributed by atoms with E-state index in [2.05, 4.69) is 18.7 Å². The van der Waals surface area contributed by atoms with Crippen LogP contribution in [0.25, 0.3) is 0 Å². The molecular formula is C17H34N2. The molecule has 2 rings (SSSR count). The van der Waals surface area contributed by atoms with E-state index in [0.717, 1.165) is 17.9 Å². The van der Waals surface area contributed by atoms with Gasteiger partial charge in [0, 0.05) is 12.1 Å². The van der Waals surface area contributed by atoms with E-state index in [-0.39, 0.29) is 0 Å². The summed E-state index contributed by atoms with van der Waals surface area (Å²) in [6.45, 7) is 7.31. The summed E-state index contributed by atoms with van der Waals surface area (Å²) in [5.74, 6) is 1.64. The van der Waals surface area contributed by atoms with Crippen molar-refractivity contribution >= 4 is 0 Å². The fourth-order valence-corrected chi connectivity index (χ4v) is 3.93. The van der Waals surface area contributed by atoms with Crippen molar-refractivity contribution in [1.82, 2.24) is 4.90 Å². The van der Waals surface area contributed by atoms with Gasteiger partial charge in [0.05, 0.1) is 0 Å². The third-order valence-corrected chi connectivity index (χ3v) is 5.34. The van der Waals surface area contributed by atoms with Gasteiger partial charge < -0.3 is 10.6 Å². The second kappa shape index (κ2) is 7.64. The fraction of sp³-hybridized carbons (Fsp3) is 1.00. The zero-order valence-electron chi connectivity index (χ0n) is 13.1. The molecule has 2 fully saturated rings. The van der Waals surface area contributed by atoms with Crippen molar-refractivity contribution in [2.24, 2.45) is 17.6 Å². The molecule has 2 heteroatoms. The van der Waals surface area contributed by atoms with E-state index in [4.69, 9.17) is 5.73 Å². The molecule has 112 valence electrons. The molecule has 0 amide bonds. The number of nitrogens with two attached hydrogens (primary N) is 1. The molecule has 2 aliphatic carbocycles. The van der Waals surface area contributed by atoms with E-state index in [1.807, 2.05) is 0 Å². The van der Waals surface area contributed by atoms with Crippen LogP contribution in [0.3, 0.4) is 0 Å². The molecule has 0 aromatic rings. The fourth-order valence-electron chi connectivity index (χ4n) is 3.93. The molecule has 0 aliphatic heterocycles. The first-order valence-electron chi connectivity index (χ1n) is 8.66. The number of hydrogen-bond acceptors (Lipinski definition) is 2. The number of hydrogen-bond donors (Lipinski definition) is 1. The van der Waals surface area contributed by atoms with Gasteiger partial charge in [-0.2, -0.15) is 0 Å². The Hall–Kier alpha value is -0.0800. The number of rotatable bonds is 7. The van der Waals surface area contributed by atoms with Gasteiger partial charge >= 0.3 is 0 Å². The van der Waals surface area contributed by atoms with Gasteiger partial charge in [-0.15, -0.1) is 0 Å². The van der Waals surface area contributed by atoms with E-state index in [1.165, 1.54) is 70.9 Å². The minimum atomic E-state index is 0.496. The van der Waals surface area contributed by atoms with Crippen molar-refractivity contribution in [3.05, 3.63) is 0 Å².